The molecule has 0 aliphatic rings. The van der Waals surface area contributed by atoms with Crippen molar-refractivity contribution >= 4 is 29.0 Å². The van der Waals surface area contributed by atoms with Crippen LogP contribution in [-0.4, -0.2) is 18.4 Å². The number of hydrogen-bond acceptors (Lipinski definition) is 4. The molecule has 0 aliphatic heterocycles. The zero-order valence-electron chi connectivity index (χ0n) is 20.0. The smallest absolute Gasteiger partial charge is 0.124 e. The van der Waals surface area contributed by atoms with Crippen molar-refractivity contribution in [2.24, 2.45) is 4.99 Å². The topological polar surface area (TPSA) is 45.1 Å². The predicted molar refractivity (Wildman–Crippen MR) is 148 cm³/mol. The number of nitrogens with zero attached hydrogens (tertiary/aromatic N) is 2. The highest BCUT2D eigenvalue weighted by Gasteiger charge is 2.11. The number of rotatable bonds is 7. The molecule has 36 heavy (non-hydrogen) atoms. The molecule has 0 fully saturated rings. The van der Waals surface area contributed by atoms with Gasteiger partial charge in [-0.15, -0.1) is 0 Å². The van der Waals surface area contributed by atoms with E-state index in [4.69, 9.17) is 4.74 Å². The van der Waals surface area contributed by atoms with E-state index in [0.29, 0.717) is 11.3 Å². The van der Waals surface area contributed by atoms with Gasteiger partial charge in [-0.1, -0.05) is 60.7 Å². The maximum atomic E-state index is 10.1. The summed E-state index contributed by atoms with van der Waals surface area (Å²) < 4.78 is 5.22. The molecule has 1 N–H and O–H groups in total. The van der Waals surface area contributed by atoms with E-state index in [1.807, 2.05) is 24.3 Å². The predicted octanol–water partition coefficient (Wildman–Crippen LogP) is 8.29. The molecule has 0 saturated heterocycles. The lowest BCUT2D eigenvalue weighted by molar-refractivity contribution is 0.412. The second-order valence-electron chi connectivity index (χ2n) is 8.28. The third-order valence-corrected chi connectivity index (χ3v) is 5.94. The first-order valence-electron chi connectivity index (χ1n) is 11.7. The first-order chi connectivity index (χ1) is 17.7. The zero-order chi connectivity index (χ0) is 24.7. The van der Waals surface area contributed by atoms with E-state index in [-0.39, 0.29) is 5.75 Å². The molecule has 0 bridgehead atoms. The second-order valence-corrected chi connectivity index (χ2v) is 8.28. The number of aromatic hydroxyl groups is 1. The van der Waals surface area contributed by atoms with Crippen molar-refractivity contribution in [1.82, 2.24) is 0 Å². The molecule has 0 aromatic heterocycles. The number of phenolic OH excluding ortho intramolecular Hbond substituents is 1. The summed E-state index contributed by atoms with van der Waals surface area (Å²) in [6, 6.07) is 42.4. The van der Waals surface area contributed by atoms with E-state index in [1.165, 1.54) is 0 Å². The molecule has 0 aliphatic carbocycles. The molecular formula is C32H26N2O2. The van der Waals surface area contributed by atoms with E-state index in [0.717, 1.165) is 33.9 Å². The van der Waals surface area contributed by atoms with Crippen molar-refractivity contribution in [2.45, 2.75) is 0 Å². The third kappa shape index (κ3) is 5.13. The minimum absolute atomic E-state index is 0.163. The Labute approximate surface area is 211 Å². The average molecular weight is 471 g/mol. The summed E-state index contributed by atoms with van der Waals surface area (Å²) in [6.07, 6.45) is 1.64. The van der Waals surface area contributed by atoms with Crippen molar-refractivity contribution in [1.29, 1.82) is 0 Å². The van der Waals surface area contributed by atoms with E-state index >= 15 is 0 Å². The highest BCUT2D eigenvalue weighted by molar-refractivity contribution is 5.86. The fraction of sp³-hybridized carbons (Fsp3) is 0.0312. The normalized spacial score (nSPS) is 10.9. The fourth-order valence-electron chi connectivity index (χ4n) is 4.05. The number of benzene rings is 5. The summed E-state index contributed by atoms with van der Waals surface area (Å²) in [5.74, 6) is 0.836. The molecule has 0 atom stereocenters. The maximum absolute atomic E-state index is 10.1. The van der Waals surface area contributed by atoms with E-state index in [9.17, 15) is 5.11 Å². The van der Waals surface area contributed by atoms with Crippen LogP contribution in [0.15, 0.2) is 132 Å². The van der Waals surface area contributed by atoms with Crippen LogP contribution in [0.4, 0.5) is 22.7 Å². The molecule has 5 rings (SSSR count). The van der Waals surface area contributed by atoms with Crippen LogP contribution in [0.5, 0.6) is 11.5 Å². The van der Waals surface area contributed by atoms with E-state index < -0.39 is 0 Å². The van der Waals surface area contributed by atoms with Crippen molar-refractivity contribution in [3.63, 3.8) is 0 Å². The number of methoxy groups -OCH3 is 1. The Morgan fingerprint density at radius 1 is 0.639 bits per heavy atom. The van der Waals surface area contributed by atoms with Gasteiger partial charge in [0.1, 0.15) is 11.5 Å². The molecule has 0 unspecified atom stereocenters. The summed E-state index contributed by atoms with van der Waals surface area (Å²) in [6.45, 7) is 0. The van der Waals surface area contributed by atoms with Gasteiger partial charge >= 0.3 is 0 Å². The molecule has 0 radical (unpaired) electrons. The van der Waals surface area contributed by atoms with Crippen LogP contribution in [0.25, 0.3) is 11.1 Å². The van der Waals surface area contributed by atoms with Gasteiger partial charge in [0.2, 0.25) is 0 Å². The molecule has 5 aromatic carbocycles. The van der Waals surface area contributed by atoms with Crippen LogP contribution in [0.3, 0.4) is 0 Å². The van der Waals surface area contributed by atoms with Crippen LogP contribution < -0.4 is 9.64 Å². The quantitative estimate of drug-likeness (QED) is 0.243. The van der Waals surface area contributed by atoms with Gasteiger partial charge in [-0.05, 0) is 77.9 Å². The Morgan fingerprint density at radius 3 is 1.72 bits per heavy atom. The summed E-state index contributed by atoms with van der Waals surface area (Å²) in [4.78, 5) is 6.75. The number of para-hydroxylation sites is 2. The van der Waals surface area contributed by atoms with Crippen LogP contribution >= 0.6 is 0 Å². The number of phenols is 1. The minimum atomic E-state index is 0.163. The number of anilines is 3. The van der Waals surface area contributed by atoms with Crippen molar-refractivity contribution < 1.29 is 9.84 Å². The number of hydrogen-bond donors (Lipinski definition) is 1. The summed E-state index contributed by atoms with van der Waals surface area (Å²) in [7, 11) is 1.60. The molecule has 5 aromatic rings. The van der Waals surface area contributed by atoms with Crippen molar-refractivity contribution in [2.75, 3.05) is 12.0 Å². The number of aliphatic imine (C=N–C) groups is 1. The van der Waals surface area contributed by atoms with Gasteiger partial charge in [0.05, 0.1) is 12.8 Å². The lowest BCUT2D eigenvalue weighted by atomic mass is 10.0. The van der Waals surface area contributed by atoms with Gasteiger partial charge in [-0.25, -0.2) is 0 Å². The maximum Gasteiger partial charge on any atom is 0.124 e. The summed E-state index contributed by atoms with van der Waals surface area (Å²) >= 11 is 0. The monoisotopic (exact) mass is 470 g/mol. The van der Waals surface area contributed by atoms with Gasteiger partial charge in [0, 0.05) is 28.8 Å². The SMILES string of the molecule is COc1ccc(O)c(C=Nc2ccc(-c3ccc(N(c4ccccc4)c4ccccc4)cc3)cc2)c1. The highest BCUT2D eigenvalue weighted by atomic mass is 16.5. The fourth-order valence-corrected chi connectivity index (χ4v) is 4.05. The van der Waals surface area contributed by atoms with Crippen LogP contribution in [-0.2, 0) is 0 Å². The Hall–Kier alpha value is -4.83. The molecular weight excluding hydrogens is 444 g/mol. The average Bonchev–Trinajstić information content (AvgIpc) is 2.95. The largest absolute Gasteiger partial charge is 0.507 e. The molecule has 0 spiro atoms. The van der Waals surface area contributed by atoms with Gasteiger partial charge in [0.25, 0.3) is 0 Å². The lowest BCUT2D eigenvalue weighted by Gasteiger charge is -2.25. The Balaban J connectivity index is 1.37. The Kier molecular flexibility index (Phi) is 6.77. The summed E-state index contributed by atoms with van der Waals surface area (Å²) in [5, 5.41) is 10.1. The summed E-state index contributed by atoms with van der Waals surface area (Å²) in [5.41, 5.74) is 6.96. The van der Waals surface area contributed by atoms with Gasteiger partial charge in [-0.3, -0.25) is 4.99 Å². The molecule has 0 saturated carbocycles. The zero-order valence-corrected chi connectivity index (χ0v) is 20.0. The molecule has 4 nitrogen and oxygen atoms in total. The minimum Gasteiger partial charge on any atom is -0.507 e. The van der Waals surface area contributed by atoms with Gasteiger partial charge < -0.3 is 14.7 Å². The van der Waals surface area contributed by atoms with E-state index in [2.05, 4.69) is 94.8 Å². The second kappa shape index (κ2) is 10.6. The molecule has 4 heteroatoms. The van der Waals surface area contributed by atoms with Crippen LogP contribution in [0.1, 0.15) is 5.56 Å². The van der Waals surface area contributed by atoms with Gasteiger partial charge in [-0.2, -0.15) is 0 Å². The standard InChI is InChI=1S/C32H26N2O2/c1-36-31-20-21-32(35)26(22-31)23-33-27-16-12-24(13-17-27)25-14-18-30(19-15-25)34(28-8-4-2-5-9-28)29-10-6-3-7-11-29/h2-23,35H,1H3. The van der Waals surface area contributed by atoms with Crippen LogP contribution in [0, 0.1) is 0 Å². The third-order valence-electron chi connectivity index (χ3n) is 5.94. The molecule has 176 valence electrons. The highest BCUT2D eigenvalue weighted by Crippen LogP contribution is 2.35. The lowest BCUT2D eigenvalue weighted by Crippen LogP contribution is -2.09. The Bertz CT molecular complexity index is 1410. The van der Waals surface area contributed by atoms with Crippen molar-refractivity contribution in [3.05, 3.63) is 133 Å². The van der Waals surface area contributed by atoms with Crippen molar-refractivity contribution in [3.8, 4) is 22.6 Å². The first-order valence-corrected chi connectivity index (χ1v) is 11.7. The van der Waals surface area contributed by atoms with Crippen LogP contribution in [0.2, 0.25) is 0 Å². The Morgan fingerprint density at radius 2 is 1.17 bits per heavy atom. The van der Waals surface area contributed by atoms with E-state index in [1.54, 1.807) is 31.5 Å². The molecule has 0 amide bonds. The first kappa shape index (κ1) is 22.9. The van der Waals surface area contributed by atoms with Gasteiger partial charge in [0.15, 0.2) is 0 Å². The number of ether oxygens (including phenoxy) is 1. The molecule has 0 heterocycles.